The minimum atomic E-state index is 0.368. The lowest BCUT2D eigenvalue weighted by Gasteiger charge is -2.22. The van der Waals surface area contributed by atoms with Crippen molar-refractivity contribution in [3.05, 3.63) is 0 Å². The van der Waals surface area contributed by atoms with E-state index in [1.54, 1.807) is 0 Å². The third-order valence-electron chi connectivity index (χ3n) is 3.63. The van der Waals surface area contributed by atoms with Crippen LogP contribution in [0, 0.1) is 0 Å². The molecular formula is C13H25NO2. The summed E-state index contributed by atoms with van der Waals surface area (Å²) in [6, 6.07) is 0.585. The Morgan fingerprint density at radius 2 is 2.19 bits per heavy atom. The molecule has 0 bridgehead atoms. The quantitative estimate of drug-likeness (QED) is 0.754. The number of ether oxygens (including phenoxy) is 2. The Morgan fingerprint density at radius 1 is 1.25 bits per heavy atom. The van der Waals surface area contributed by atoms with Gasteiger partial charge in [-0.15, -0.1) is 0 Å². The molecule has 1 aliphatic heterocycles. The van der Waals surface area contributed by atoms with Crippen molar-refractivity contribution in [3.8, 4) is 0 Å². The van der Waals surface area contributed by atoms with E-state index in [2.05, 4.69) is 12.2 Å². The van der Waals surface area contributed by atoms with Gasteiger partial charge in [0.05, 0.1) is 18.8 Å². The fourth-order valence-corrected chi connectivity index (χ4v) is 2.70. The highest BCUT2D eigenvalue weighted by Crippen LogP contribution is 2.23. The predicted molar refractivity (Wildman–Crippen MR) is 64.6 cm³/mol. The molecule has 0 aromatic carbocycles. The van der Waals surface area contributed by atoms with Gasteiger partial charge >= 0.3 is 0 Å². The fraction of sp³-hybridized carbons (Fsp3) is 1.00. The molecule has 1 heterocycles. The van der Waals surface area contributed by atoms with E-state index in [1.807, 2.05) is 0 Å². The van der Waals surface area contributed by atoms with Gasteiger partial charge in [-0.05, 0) is 45.1 Å². The van der Waals surface area contributed by atoms with E-state index in [9.17, 15) is 0 Å². The normalized spacial score (nSPS) is 34.7. The largest absolute Gasteiger partial charge is 0.376 e. The van der Waals surface area contributed by atoms with Gasteiger partial charge in [-0.25, -0.2) is 0 Å². The van der Waals surface area contributed by atoms with Crippen molar-refractivity contribution in [1.82, 2.24) is 5.32 Å². The molecule has 1 saturated carbocycles. The lowest BCUT2D eigenvalue weighted by molar-refractivity contribution is -0.0263. The summed E-state index contributed by atoms with van der Waals surface area (Å²) in [6.07, 6.45) is 8.18. The van der Waals surface area contributed by atoms with E-state index < -0.39 is 0 Å². The highest BCUT2D eigenvalue weighted by molar-refractivity contribution is 4.84. The Labute approximate surface area is 98.9 Å². The first kappa shape index (κ1) is 12.3. The number of hydrogen-bond donors (Lipinski definition) is 1. The average molecular weight is 227 g/mol. The summed E-state index contributed by atoms with van der Waals surface area (Å²) >= 11 is 0. The van der Waals surface area contributed by atoms with Crippen molar-refractivity contribution in [3.63, 3.8) is 0 Å². The Morgan fingerprint density at radius 3 is 2.94 bits per heavy atom. The molecule has 1 saturated heterocycles. The number of rotatable bonds is 6. The Hall–Kier alpha value is -0.120. The van der Waals surface area contributed by atoms with E-state index in [4.69, 9.17) is 9.47 Å². The van der Waals surface area contributed by atoms with E-state index in [-0.39, 0.29) is 0 Å². The molecule has 2 aliphatic rings. The van der Waals surface area contributed by atoms with Crippen LogP contribution in [0.15, 0.2) is 0 Å². The van der Waals surface area contributed by atoms with E-state index >= 15 is 0 Å². The highest BCUT2D eigenvalue weighted by atomic mass is 16.5. The van der Waals surface area contributed by atoms with Gasteiger partial charge in [0.1, 0.15) is 0 Å². The van der Waals surface area contributed by atoms with Crippen LogP contribution in [-0.2, 0) is 9.47 Å². The van der Waals surface area contributed by atoms with Gasteiger partial charge < -0.3 is 14.8 Å². The smallest absolute Gasteiger partial charge is 0.0809 e. The second kappa shape index (κ2) is 6.58. The van der Waals surface area contributed by atoms with Crippen LogP contribution in [-0.4, -0.2) is 38.0 Å². The molecule has 3 nitrogen and oxygen atoms in total. The standard InChI is InChI=1S/C13H25NO2/c1-2-8-14-12-6-3-7-13(12)16-10-11-5-4-9-15-11/h11-14H,2-10H2,1H3. The van der Waals surface area contributed by atoms with Gasteiger partial charge in [-0.2, -0.15) is 0 Å². The van der Waals surface area contributed by atoms with Gasteiger partial charge in [0.25, 0.3) is 0 Å². The molecule has 0 aromatic heterocycles. The van der Waals surface area contributed by atoms with Crippen molar-refractivity contribution in [2.24, 2.45) is 0 Å². The van der Waals surface area contributed by atoms with Gasteiger partial charge in [-0.1, -0.05) is 6.92 Å². The lowest BCUT2D eigenvalue weighted by atomic mass is 10.2. The summed E-state index contributed by atoms with van der Waals surface area (Å²) < 4.78 is 11.6. The maximum absolute atomic E-state index is 6.01. The van der Waals surface area contributed by atoms with Crippen molar-refractivity contribution in [2.75, 3.05) is 19.8 Å². The molecule has 3 heteroatoms. The van der Waals surface area contributed by atoms with Gasteiger partial charge in [0.2, 0.25) is 0 Å². The molecule has 1 aliphatic carbocycles. The van der Waals surface area contributed by atoms with Crippen molar-refractivity contribution >= 4 is 0 Å². The summed E-state index contributed by atoms with van der Waals surface area (Å²) in [6.45, 7) is 5.06. The molecule has 16 heavy (non-hydrogen) atoms. The summed E-state index contributed by atoms with van der Waals surface area (Å²) in [5, 5.41) is 3.59. The molecule has 3 atom stereocenters. The molecule has 0 aromatic rings. The monoisotopic (exact) mass is 227 g/mol. The molecule has 0 radical (unpaired) electrons. The molecule has 2 fully saturated rings. The van der Waals surface area contributed by atoms with Crippen molar-refractivity contribution in [1.29, 1.82) is 0 Å². The molecule has 2 rings (SSSR count). The van der Waals surface area contributed by atoms with Gasteiger partial charge in [0, 0.05) is 12.6 Å². The molecular weight excluding hydrogens is 202 g/mol. The highest BCUT2D eigenvalue weighted by Gasteiger charge is 2.28. The van der Waals surface area contributed by atoms with E-state index in [1.165, 1.54) is 38.5 Å². The first-order valence-corrected chi connectivity index (χ1v) is 6.86. The second-order valence-corrected chi connectivity index (χ2v) is 5.00. The topological polar surface area (TPSA) is 30.5 Å². The molecule has 0 amide bonds. The summed E-state index contributed by atoms with van der Waals surface area (Å²) in [5.41, 5.74) is 0. The van der Waals surface area contributed by atoms with E-state index in [0.717, 1.165) is 19.8 Å². The van der Waals surface area contributed by atoms with Crippen LogP contribution in [0.3, 0.4) is 0 Å². The maximum Gasteiger partial charge on any atom is 0.0809 e. The third kappa shape index (κ3) is 3.44. The SMILES string of the molecule is CCCNC1CCCC1OCC1CCCO1. The van der Waals surface area contributed by atoms with Crippen LogP contribution >= 0.6 is 0 Å². The molecule has 3 unspecified atom stereocenters. The molecule has 0 spiro atoms. The summed E-state index contributed by atoms with van der Waals surface area (Å²) in [5.74, 6) is 0. The second-order valence-electron chi connectivity index (χ2n) is 5.00. The summed E-state index contributed by atoms with van der Waals surface area (Å²) in [7, 11) is 0. The van der Waals surface area contributed by atoms with Gasteiger partial charge in [0.15, 0.2) is 0 Å². The average Bonchev–Trinajstić information content (AvgIpc) is 2.94. The first-order chi connectivity index (χ1) is 7.90. The van der Waals surface area contributed by atoms with Crippen molar-refractivity contribution in [2.45, 2.75) is 63.7 Å². The lowest BCUT2D eigenvalue weighted by Crippen LogP contribution is -2.38. The Balaban J connectivity index is 1.66. The Bertz CT molecular complexity index is 192. The number of hydrogen-bond acceptors (Lipinski definition) is 3. The zero-order chi connectivity index (χ0) is 11.2. The van der Waals surface area contributed by atoms with Crippen LogP contribution < -0.4 is 5.32 Å². The van der Waals surface area contributed by atoms with E-state index in [0.29, 0.717) is 18.2 Å². The van der Waals surface area contributed by atoms with Crippen LogP contribution in [0.4, 0.5) is 0 Å². The van der Waals surface area contributed by atoms with Crippen LogP contribution in [0.1, 0.15) is 45.4 Å². The zero-order valence-corrected chi connectivity index (χ0v) is 10.4. The molecule has 94 valence electrons. The van der Waals surface area contributed by atoms with Gasteiger partial charge in [-0.3, -0.25) is 0 Å². The Kier molecular flexibility index (Phi) is 5.07. The third-order valence-corrected chi connectivity index (χ3v) is 3.63. The van der Waals surface area contributed by atoms with Crippen molar-refractivity contribution < 1.29 is 9.47 Å². The minimum Gasteiger partial charge on any atom is -0.376 e. The number of nitrogens with one attached hydrogen (secondary N) is 1. The first-order valence-electron chi connectivity index (χ1n) is 6.86. The minimum absolute atomic E-state index is 0.368. The predicted octanol–water partition coefficient (Wildman–Crippen LogP) is 2.10. The molecule has 1 N–H and O–H groups in total. The zero-order valence-electron chi connectivity index (χ0n) is 10.4. The summed E-state index contributed by atoms with van der Waals surface area (Å²) in [4.78, 5) is 0. The van der Waals surface area contributed by atoms with Crippen LogP contribution in [0.25, 0.3) is 0 Å². The maximum atomic E-state index is 6.01. The van der Waals surface area contributed by atoms with Crippen LogP contribution in [0.5, 0.6) is 0 Å². The van der Waals surface area contributed by atoms with Crippen LogP contribution in [0.2, 0.25) is 0 Å². The fourth-order valence-electron chi connectivity index (χ4n) is 2.70.